The summed E-state index contributed by atoms with van der Waals surface area (Å²) in [6.45, 7) is 3.21. The van der Waals surface area contributed by atoms with Crippen molar-refractivity contribution in [1.82, 2.24) is 15.6 Å². The Labute approximate surface area is 129 Å². The van der Waals surface area contributed by atoms with Gasteiger partial charge in [0.05, 0.1) is 0 Å². The maximum Gasteiger partial charge on any atom is 0.273 e. The molecule has 2 aromatic rings. The van der Waals surface area contributed by atoms with E-state index in [1.54, 1.807) is 6.92 Å². The van der Waals surface area contributed by atoms with Crippen LogP contribution in [0, 0.1) is 6.92 Å². The van der Waals surface area contributed by atoms with Crippen LogP contribution in [-0.4, -0.2) is 24.0 Å². The van der Waals surface area contributed by atoms with Gasteiger partial charge < -0.3 is 15.1 Å². The predicted octanol–water partition coefficient (Wildman–Crippen LogP) is 2.02. The summed E-state index contributed by atoms with van der Waals surface area (Å²) in [6.07, 6.45) is 2.32. The number of carbonyl (C=O) groups excluding carboxylic acids is 1. The van der Waals surface area contributed by atoms with Crippen molar-refractivity contribution < 1.29 is 9.21 Å². The summed E-state index contributed by atoms with van der Waals surface area (Å²) in [7, 11) is 0. The first-order valence-electron chi connectivity index (χ1n) is 6.75. The summed E-state index contributed by atoms with van der Waals surface area (Å²) >= 11 is 0. The number of nitrogens with one attached hydrogen (secondary N) is 2. The number of aromatic nitrogens is 1. The summed E-state index contributed by atoms with van der Waals surface area (Å²) in [5, 5.41) is 6.34. The normalized spacial score (nSPS) is 16.7. The third-order valence-corrected chi connectivity index (χ3v) is 3.64. The van der Waals surface area contributed by atoms with Crippen LogP contribution in [0.15, 0.2) is 35.1 Å². The first-order valence-corrected chi connectivity index (χ1v) is 6.75. The zero-order valence-corrected chi connectivity index (χ0v) is 12.6. The number of nitrogens with zero attached hydrogens (tertiary/aromatic N) is 1. The number of halogens is 1. The largest absolute Gasteiger partial charge is 0.448 e. The minimum Gasteiger partial charge on any atom is -0.448 e. The number of fused-ring (bicyclic) bond motifs is 1. The lowest BCUT2D eigenvalue weighted by atomic mass is 9.94. The van der Waals surface area contributed by atoms with Crippen LogP contribution in [0.5, 0.6) is 0 Å². The minimum atomic E-state index is -0.193. The Morgan fingerprint density at radius 1 is 1.48 bits per heavy atom. The molecule has 0 saturated heterocycles. The molecule has 0 saturated carbocycles. The van der Waals surface area contributed by atoms with E-state index in [0.717, 1.165) is 13.0 Å². The van der Waals surface area contributed by atoms with Crippen molar-refractivity contribution in [3.63, 3.8) is 0 Å². The fourth-order valence-electron chi connectivity index (χ4n) is 2.58. The molecule has 112 valence electrons. The van der Waals surface area contributed by atoms with E-state index >= 15 is 0 Å². The average molecular weight is 308 g/mol. The van der Waals surface area contributed by atoms with Gasteiger partial charge in [0.2, 0.25) is 0 Å². The number of oxazole rings is 1. The molecular formula is C15H18ClN3O2. The van der Waals surface area contributed by atoms with Gasteiger partial charge in [0.25, 0.3) is 5.91 Å². The molecule has 0 aliphatic carbocycles. The molecule has 2 heterocycles. The molecule has 1 aromatic heterocycles. The second kappa shape index (κ2) is 6.74. The summed E-state index contributed by atoms with van der Waals surface area (Å²) in [5.41, 5.74) is 2.97. The quantitative estimate of drug-likeness (QED) is 0.910. The van der Waals surface area contributed by atoms with Gasteiger partial charge >= 0.3 is 0 Å². The Kier molecular flexibility index (Phi) is 4.98. The summed E-state index contributed by atoms with van der Waals surface area (Å²) < 4.78 is 5.05. The highest BCUT2D eigenvalue weighted by Crippen LogP contribution is 2.21. The molecule has 0 fully saturated rings. The van der Waals surface area contributed by atoms with E-state index < -0.39 is 0 Å². The molecule has 1 aliphatic heterocycles. The molecule has 3 rings (SSSR count). The fraction of sp³-hybridized carbons (Fsp3) is 0.333. The first-order chi connectivity index (χ1) is 9.75. The van der Waals surface area contributed by atoms with Crippen LogP contribution < -0.4 is 10.6 Å². The molecule has 2 N–H and O–H groups in total. The molecule has 0 radical (unpaired) electrons. The Morgan fingerprint density at radius 2 is 2.29 bits per heavy atom. The number of hydrogen-bond donors (Lipinski definition) is 2. The zero-order chi connectivity index (χ0) is 13.9. The fourth-order valence-corrected chi connectivity index (χ4v) is 2.58. The molecule has 1 aromatic carbocycles. The highest BCUT2D eigenvalue weighted by molar-refractivity contribution is 5.93. The number of hydrogen-bond acceptors (Lipinski definition) is 4. The lowest BCUT2D eigenvalue weighted by Gasteiger charge is -2.27. The van der Waals surface area contributed by atoms with Gasteiger partial charge in [0.15, 0.2) is 12.1 Å². The standard InChI is InChI=1S/C15H17N3O2.ClH/c1-10-14(18-9-20-10)15(19)17-8-13-12-5-3-2-4-11(12)6-7-16-13;/h2-5,9,13,16H,6-8H2,1H3,(H,17,19);1H. The van der Waals surface area contributed by atoms with Crippen LogP contribution in [0.4, 0.5) is 0 Å². The van der Waals surface area contributed by atoms with E-state index in [-0.39, 0.29) is 24.4 Å². The van der Waals surface area contributed by atoms with Gasteiger partial charge in [-0.2, -0.15) is 0 Å². The molecule has 21 heavy (non-hydrogen) atoms. The van der Waals surface area contributed by atoms with Gasteiger partial charge in [-0.1, -0.05) is 24.3 Å². The molecule has 0 spiro atoms. The van der Waals surface area contributed by atoms with E-state index in [1.807, 2.05) is 6.07 Å². The average Bonchev–Trinajstić information content (AvgIpc) is 2.91. The van der Waals surface area contributed by atoms with Crippen molar-refractivity contribution in [1.29, 1.82) is 0 Å². The lowest BCUT2D eigenvalue weighted by Crippen LogP contribution is -2.39. The van der Waals surface area contributed by atoms with E-state index in [0.29, 0.717) is 18.0 Å². The SMILES string of the molecule is Cc1ocnc1C(=O)NCC1NCCc2ccccc21.Cl. The number of carbonyl (C=O) groups is 1. The third-order valence-electron chi connectivity index (χ3n) is 3.64. The van der Waals surface area contributed by atoms with Crippen molar-refractivity contribution >= 4 is 18.3 Å². The van der Waals surface area contributed by atoms with Gasteiger partial charge in [-0.3, -0.25) is 4.79 Å². The Hall–Kier alpha value is -1.85. The van der Waals surface area contributed by atoms with Gasteiger partial charge in [-0.05, 0) is 31.0 Å². The van der Waals surface area contributed by atoms with Crippen LogP contribution in [0.1, 0.15) is 33.4 Å². The monoisotopic (exact) mass is 307 g/mol. The van der Waals surface area contributed by atoms with E-state index in [1.165, 1.54) is 17.5 Å². The second-order valence-corrected chi connectivity index (χ2v) is 4.92. The summed E-state index contributed by atoms with van der Waals surface area (Å²) in [4.78, 5) is 15.9. The van der Waals surface area contributed by atoms with Crippen LogP contribution >= 0.6 is 12.4 Å². The van der Waals surface area contributed by atoms with Crippen molar-refractivity contribution in [2.45, 2.75) is 19.4 Å². The molecule has 1 amide bonds. The predicted molar refractivity (Wildman–Crippen MR) is 81.7 cm³/mol. The van der Waals surface area contributed by atoms with Crippen molar-refractivity contribution in [3.8, 4) is 0 Å². The van der Waals surface area contributed by atoms with Gasteiger partial charge in [0, 0.05) is 12.6 Å². The smallest absolute Gasteiger partial charge is 0.273 e. The molecule has 1 aliphatic rings. The topological polar surface area (TPSA) is 67.2 Å². The zero-order valence-electron chi connectivity index (χ0n) is 11.8. The van der Waals surface area contributed by atoms with Gasteiger partial charge in [-0.15, -0.1) is 12.4 Å². The van der Waals surface area contributed by atoms with Gasteiger partial charge in [-0.25, -0.2) is 4.98 Å². The Morgan fingerprint density at radius 3 is 3.05 bits per heavy atom. The lowest BCUT2D eigenvalue weighted by molar-refractivity contribution is 0.0943. The number of benzene rings is 1. The Balaban J connectivity index is 0.00000161. The summed E-state index contributed by atoms with van der Waals surface area (Å²) in [5.74, 6) is 0.348. The first kappa shape index (κ1) is 15.5. The van der Waals surface area contributed by atoms with Crippen LogP contribution in [0.25, 0.3) is 0 Å². The van der Waals surface area contributed by atoms with Gasteiger partial charge in [0.1, 0.15) is 5.76 Å². The number of rotatable bonds is 3. The van der Waals surface area contributed by atoms with Crippen LogP contribution in [0.2, 0.25) is 0 Å². The molecule has 0 bridgehead atoms. The minimum absolute atomic E-state index is 0. The van der Waals surface area contributed by atoms with Crippen molar-refractivity contribution in [2.75, 3.05) is 13.1 Å². The van der Waals surface area contributed by atoms with Crippen LogP contribution in [0.3, 0.4) is 0 Å². The molecule has 6 heteroatoms. The van der Waals surface area contributed by atoms with E-state index in [2.05, 4.69) is 33.8 Å². The number of aryl methyl sites for hydroxylation is 1. The molecular weight excluding hydrogens is 290 g/mol. The maximum absolute atomic E-state index is 12.0. The highest BCUT2D eigenvalue weighted by Gasteiger charge is 2.21. The highest BCUT2D eigenvalue weighted by atomic mass is 35.5. The Bertz CT molecular complexity index is 627. The molecule has 1 unspecified atom stereocenters. The third kappa shape index (κ3) is 3.25. The second-order valence-electron chi connectivity index (χ2n) is 4.92. The van der Waals surface area contributed by atoms with E-state index in [4.69, 9.17) is 4.42 Å². The van der Waals surface area contributed by atoms with E-state index in [9.17, 15) is 4.79 Å². The van der Waals surface area contributed by atoms with Crippen LogP contribution in [-0.2, 0) is 6.42 Å². The van der Waals surface area contributed by atoms with Crippen molar-refractivity contribution in [3.05, 3.63) is 53.2 Å². The molecule has 1 atom stereocenters. The number of amides is 1. The maximum atomic E-state index is 12.0. The van der Waals surface area contributed by atoms with Crippen molar-refractivity contribution in [2.24, 2.45) is 0 Å². The summed E-state index contributed by atoms with van der Waals surface area (Å²) in [6, 6.07) is 8.49. The molecule has 5 nitrogen and oxygen atoms in total.